The zero-order chi connectivity index (χ0) is 10.7. The maximum Gasteiger partial charge on any atom is 0.162 e. The molecule has 0 aliphatic rings. The molecule has 1 aromatic rings. The molecule has 4 heteroatoms. The van der Waals surface area contributed by atoms with Gasteiger partial charge in [0.15, 0.2) is 11.5 Å². The lowest BCUT2D eigenvalue weighted by molar-refractivity contribution is 0.369. The fourth-order valence-corrected chi connectivity index (χ4v) is 1.59. The summed E-state index contributed by atoms with van der Waals surface area (Å²) in [5.41, 5.74) is 6.32. The summed E-state index contributed by atoms with van der Waals surface area (Å²) >= 11 is 3.30. The molecule has 0 radical (unpaired) electrons. The molecule has 0 bridgehead atoms. The van der Waals surface area contributed by atoms with E-state index in [0.717, 1.165) is 4.47 Å². The molecule has 0 aliphatic carbocycles. The lowest BCUT2D eigenvalue weighted by atomic mass is 10.1. The summed E-state index contributed by atoms with van der Waals surface area (Å²) in [5, 5.41) is 9.74. The number of rotatable bonds is 3. The first-order chi connectivity index (χ1) is 6.60. The van der Waals surface area contributed by atoms with Crippen molar-refractivity contribution < 1.29 is 9.84 Å². The maximum absolute atomic E-state index is 9.74. The Balaban J connectivity index is 3.28. The van der Waals surface area contributed by atoms with Crippen LogP contribution in [0.1, 0.15) is 11.6 Å². The van der Waals surface area contributed by atoms with Crippen molar-refractivity contribution >= 4 is 15.9 Å². The van der Waals surface area contributed by atoms with Gasteiger partial charge >= 0.3 is 0 Å². The van der Waals surface area contributed by atoms with Crippen LogP contribution in [0.5, 0.6) is 11.5 Å². The number of hydrogen-bond donors (Lipinski definition) is 2. The van der Waals surface area contributed by atoms with E-state index in [1.165, 1.54) is 7.11 Å². The van der Waals surface area contributed by atoms with Crippen molar-refractivity contribution in [3.63, 3.8) is 0 Å². The van der Waals surface area contributed by atoms with Gasteiger partial charge in [0.05, 0.1) is 13.2 Å². The summed E-state index contributed by atoms with van der Waals surface area (Å²) in [6, 6.07) is 3.01. The number of aromatic hydroxyl groups is 1. The molecule has 14 heavy (non-hydrogen) atoms. The summed E-state index contributed by atoms with van der Waals surface area (Å²) in [5.74, 6) is 0.453. The number of phenolic OH excluding ortho intramolecular Hbond substituents is 1. The third kappa shape index (κ3) is 2.08. The van der Waals surface area contributed by atoms with Crippen molar-refractivity contribution in [3.05, 3.63) is 34.8 Å². The van der Waals surface area contributed by atoms with E-state index in [0.29, 0.717) is 11.3 Å². The Hall–Kier alpha value is -1.00. The van der Waals surface area contributed by atoms with Crippen LogP contribution in [0, 0.1) is 0 Å². The van der Waals surface area contributed by atoms with Crippen LogP contribution >= 0.6 is 15.9 Å². The molecule has 0 fully saturated rings. The molecule has 1 rings (SSSR count). The highest BCUT2D eigenvalue weighted by Crippen LogP contribution is 2.36. The second kappa shape index (κ2) is 4.48. The highest BCUT2D eigenvalue weighted by molar-refractivity contribution is 9.10. The van der Waals surface area contributed by atoms with Crippen LogP contribution in [0.3, 0.4) is 0 Å². The quantitative estimate of drug-likeness (QED) is 0.818. The summed E-state index contributed by atoms with van der Waals surface area (Å²) in [6.45, 7) is 3.57. The predicted molar refractivity (Wildman–Crippen MR) is 59.5 cm³/mol. The molecule has 1 unspecified atom stereocenters. The molecule has 76 valence electrons. The number of phenols is 1. The number of benzene rings is 1. The molecule has 3 nitrogen and oxygen atoms in total. The second-order valence-corrected chi connectivity index (χ2v) is 3.72. The number of ether oxygens (including phenoxy) is 1. The highest BCUT2D eigenvalue weighted by Gasteiger charge is 2.13. The lowest BCUT2D eigenvalue weighted by Gasteiger charge is -2.12. The van der Waals surface area contributed by atoms with Gasteiger partial charge in [0.1, 0.15) is 0 Å². The second-order valence-electron chi connectivity index (χ2n) is 2.81. The Morgan fingerprint density at radius 3 is 2.79 bits per heavy atom. The van der Waals surface area contributed by atoms with E-state index in [1.807, 2.05) is 0 Å². The minimum absolute atomic E-state index is 0.0584. The Morgan fingerprint density at radius 1 is 1.64 bits per heavy atom. The number of nitrogens with two attached hydrogens (primary N) is 1. The van der Waals surface area contributed by atoms with Gasteiger partial charge in [-0.1, -0.05) is 22.0 Å². The van der Waals surface area contributed by atoms with E-state index in [1.54, 1.807) is 18.2 Å². The van der Waals surface area contributed by atoms with E-state index in [4.69, 9.17) is 10.5 Å². The largest absolute Gasteiger partial charge is 0.504 e. The maximum atomic E-state index is 9.74. The van der Waals surface area contributed by atoms with Crippen molar-refractivity contribution in [3.8, 4) is 11.5 Å². The molecule has 0 saturated heterocycles. The monoisotopic (exact) mass is 257 g/mol. The van der Waals surface area contributed by atoms with Crippen molar-refractivity contribution in [2.45, 2.75) is 6.04 Å². The Morgan fingerprint density at radius 2 is 2.29 bits per heavy atom. The first kappa shape index (κ1) is 11.1. The molecular weight excluding hydrogens is 246 g/mol. The Bertz CT molecular complexity index is 352. The lowest BCUT2D eigenvalue weighted by Crippen LogP contribution is -2.07. The van der Waals surface area contributed by atoms with E-state index in [-0.39, 0.29) is 5.75 Å². The fourth-order valence-electron chi connectivity index (χ4n) is 1.13. The fraction of sp³-hybridized carbons (Fsp3) is 0.200. The van der Waals surface area contributed by atoms with Crippen LogP contribution in [0.4, 0.5) is 0 Å². The molecule has 1 aromatic carbocycles. The van der Waals surface area contributed by atoms with Gasteiger partial charge in [0.2, 0.25) is 0 Å². The topological polar surface area (TPSA) is 55.5 Å². The Labute approximate surface area is 91.3 Å². The average Bonchev–Trinajstić information content (AvgIpc) is 2.19. The van der Waals surface area contributed by atoms with Gasteiger partial charge < -0.3 is 15.6 Å². The summed E-state index contributed by atoms with van der Waals surface area (Å²) in [7, 11) is 1.49. The third-order valence-corrected chi connectivity index (χ3v) is 2.36. The van der Waals surface area contributed by atoms with Crippen LogP contribution in [-0.4, -0.2) is 12.2 Å². The molecule has 1 atom stereocenters. The van der Waals surface area contributed by atoms with E-state index < -0.39 is 6.04 Å². The summed E-state index contributed by atoms with van der Waals surface area (Å²) in [6.07, 6.45) is 1.56. The molecule has 3 N–H and O–H groups in total. The van der Waals surface area contributed by atoms with Crippen molar-refractivity contribution in [2.24, 2.45) is 5.73 Å². The van der Waals surface area contributed by atoms with Gasteiger partial charge in [-0.05, 0) is 12.1 Å². The van der Waals surface area contributed by atoms with Gasteiger partial charge in [-0.3, -0.25) is 0 Å². The molecular formula is C10H12BrNO2. The Kier molecular flexibility index (Phi) is 3.55. The molecule has 0 heterocycles. The van der Waals surface area contributed by atoms with Crippen molar-refractivity contribution in [1.82, 2.24) is 0 Å². The molecule has 0 aromatic heterocycles. The van der Waals surface area contributed by atoms with Crippen LogP contribution in [-0.2, 0) is 0 Å². The van der Waals surface area contributed by atoms with E-state index in [9.17, 15) is 5.11 Å². The van der Waals surface area contributed by atoms with E-state index in [2.05, 4.69) is 22.5 Å². The smallest absolute Gasteiger partial charge is 0.162 e. The minimum atomic E-state index is -0.401. The molecule has 0 aliphatic heterocycles. The SMILES string of the molecule is C=CC(N)c1cc(Br)cc(OC)c1O. The van der Waals surface area contributed by atoms with Gasteiger partial charge in [-0.25, -0.2) is 0 Å². The first-order valence-electron chi connectivity index (χ1n) is 4.04. The highest BCUT2D eigenvalue weighted by atomic mass is 79.9. The number of halogens is 1. The summed E-state index contributed by atoms with van der Waals surface area (Å²) < 4.78 is 5.80. The minimum Gasteiger partial charge on any atom is -0.504 e. The third-order valence-electron chi connectivity index (χ3n) is 1.90. The zero-order valence-electron chi connectivity index (χ0n) is 7.83. The van der Waals surface area contributed by atoms with Gasteiger partial charge in [-0.15, -0.1) is 6.58 Å². The van der Waals surface area contributed by atoms with Crippen LogP contribution in [0.2, 0.25) is 0 Å². The molecule has 0 amide bonds. The number of methoxy groups -OCH3 is 1. The van der Waals surface area contributed by atoms with Crippen molar-refractivity contribution in [1.29, 1.82) is 0 Å². The normalized spacial score (nSPS) is 12.2. The van der Waals surface area contributed by atoms with Gasteiger partial charge in [-0.2, -0.15) is 0 Å². The molecule has 0 spiro atoms. The first-order valence-corrected chi connectivity index (χ1v) is 4.84. The predicted octanol–water partition coefficient (Wildman–Crippen LogP) is 2.35. The van der Waals surface area contributed by atoms with Crippen molar-refractivity contribution in [2.75, 3.05) is 7.11 Å². The van der Waals surface area contributed by atoms with Crippen LogP contribution < -0.4 is 10.5 Å². The number of hydrogen-bond acceptors (Lipinski definition) is 3. The van der Waals surface area contributed by atoms with Gasteiger partial charge in [0.25, 0.3) is 0 Å². The molecule has 0 saturated carbocycles. The average molecular weight is 258 g/mol. The standard InChI is InChI=1S/C10H12BrNO2/c1-3-8(12)7-4-6(11)5-9(14-2)10(7)13/h3-5,8,13H,1,12H2,2H3. The van der Waals surface area contributed by atoms with Gasteiger partial charge in [0, 0.05) is 10.0 Å². The summed E-state index contributed by atoms with van der Waals surface area (Å²) in [4.78, 5) is 0. The zero-order valence-corrected chi connectivity index (χ0v) is 9.41. The van der Waals surface area contributed by atoms with Crippen LogP contribution in [0.25, 0.3) is 0 Å². The van der Waals surface area contributed by atoms with E-state index >= 15 is 0 Å². The van der Waals surface area contributed by atoms with Crippen LogP contribution in [0.15, 0.2) is 29.3 Å².